The van der Waals surface area contributed by atoms with E-state index < -0.39 is 0 Å². The lowest BCUT2D eigenvalue weighted by atomic mass is 9.93. The fourth-order valence-electron chi connectivity index (χ4n) is 3.44. The van der Waals surface area contributed by atoms with Gasteiger partial charge in [0.2, 0.25) is 0 Å². The summed E-state index contributed by atoms with van der Waals surface area (Å²) in [4.78, 5) is 4.73. The molecule has 0 fully saturated rings. The van der Waals surface area contributed by atoms with E-state index in [4.69, 9.17) is 4.99 Å². The zero-order valence-corrected chi connectivity index (χ0v) is 19.0. The first kappa shape index (κ1) is 22.4. The van der Waals surface area contributed by atoms with E-state index in [-0.39, 0.29) is 0 Å². The minimum Gasteiger partial charge on any atom is -0.344 e. The smallest absolute Gasteiger partial charge is 0.110 e. The molecular formula is C27H34N2. The summed E-state index contributed by atoms with van der Waals surface area (Å²) in [5, 5.41) is 3.36. The molecule has 0 spiro atoms. The number of nitrogens with one attached hydrogen (secondary N) is 1. The molecule has 0 radical (unpaired) electrons. The van der Waals surface area contributed by atoms with Crippen molar-refractivity contribution in [3.8, 4) is 0 Å². The highest BCUT2D eigenvalue weighted by Crippen LogP contribution is 2.28. The molecule has 1 aliphatic heterocycles. The van der Waals surface area contributed by atoms with Crippen LogP contribution in [0.1, 0.15) is 57.7 Å². The first-order valence-electron chi connectivity index (χ1n) is 10.2. The van der Waals surface area contributed by atoms with Gasteiger partial charge in [-0.25, -0.2) is 4.99 Å². The normalized spacial score (nSPS) is 16.0. The van der Waals surface area contributed by atoms with E-state index in [0.717, 1.165) is 23.5 Å². The molecule has 1 N–H and O–H groups in total. The Kier molecular flexibility index (Phi) is 7.78. The topological polar surface area (TPSA) is 24.4 Å². The number of hydrogen-bond acceptors (Lipinski definition) is 2. The van der Waals surface area contributed by atoms with Crippen LogP contribution in [-0.2, 0) is 0 Å². The molecule has 2 nitrogen and oxygen atoms in total. The molecule has 0 unspecified atom stereocenters. The van der Waals surface area contributed by atoms with Crippen molar-refractivity contribution < 1.29 is 0 Å². The second kappa shape index (κ2) is 10.1. The van der Waals surface area contributed by atoms with Crippen molar-refractivity contribution in [2.75, 3.05) is 0 Å². The van der Waals surface area contributed by atoms with Crippen molar-refractivity contribution in [3.05, 3.63) is 100.0 Å². The molecular weight excluding hydrogens is 352 g/mol. The minimum atomic E-state index is 0.789. The monoisotopic (exact) mass is 386 g/mol. The number of nitrogens with zero attached hydrogens (tertiary/aromatic N) is 1. The Bertz CT molecular complexity index is 956. The van der Waals surface area contributed by atoms with Gasteiger partial charge in [0.1, 0.15) is 5.84 Å². The number of rotatable bonds is 5. The van der Waals surface area contributed by atoms with Gasteiger partial charge in [0.15, 0.2) is 0 Å². The Balaban J connectivity index is 2.32. The summed E-state index contributed by atoms with van der Waals surface area (Å²) >= 11 is 0. The third-order valence-corrected chi connectivity index (χ3v) is 5.42. The Morgan fingerprint density at radius 2 is 1.72 bits per heavy atom. The molecule has 0 aromatic heterocycles. The molecule has 152 valence electrons. The lowest BCUT2D eigenvalue weighted by Gasteiger charge is -2.12. The Morgan fingerprint density at radius 1 is 1.07 bits per heavy atom. The van der Waals surface area contributed by atoms with Crippen molar-refractivity contribution in [1.82, 2.24) is 5.32 Å². The molecule has 1 aliphatic rings. The standard InChI is InChI=1S/C27H34N2/c1-9-18(2)13-14-23(7)29-26-16-21(5)24(8)25(17-28-26)15-22(6)27-19(3)11-10-12-20(27)4/h9-15,17H,7,16H2,1-6,8H3,(H,28,29)/b14-13-,18-9-,22-15+. The van der Waals surface area contributed by atoms with Gasteiger partial charge in [-0.05, 0) is 94.0 Å². The fraction of sp³-hybridized carbons (Fsp3) is 0.296. The van der Waals surface area contributed by atoms with Crippen LogP contribution in [0.3, 0.4) is 0 Å². The maximum absolute atomic E-state index is 4.73. The number of aryl methyl sites for hydroxylation is 2. The zero-order valence-electron chi connectivity index (χ0n) is 19.0. The molecule has 0 amide bonds. The second-order valence-electron chi connectivity index (χ2n) is 7.85. The predicted molar refractivity (Wildman–Crippen MR) is 129 cm³/mol. The van der Waals surface area contributed by atoms with E-state index in [0.29, 0.717) is 0 Å². The molecule has 1 aromatic carbocycles. The number of amidine groups is 1. The summed E-state index contributed by atoms with van der Waals surface area (Å²) in [7, 11) is 0. The van der Waals surface area contributed by atoms with Crippen LogP contribution < -0.4 is 5.32 Å². The van der Waals surface area contributed by atoms with Gasteiger partial charge in [0.05, 0.1) is 0 Å². The highest BCUT2D eigenvalue weighted by atomic mass is 15.0. The van der Waals surface area contributed by atoms with Crippen LogP contribution in [0.5, 0.6) is 0 Å². The average Bonchev–Trinajstić information content (AvgIpc) is 2.79. The van der Waals surface area contributed by atoms with Crippen LogP contribution in [0, 0.1) is 13.8 Å². The maximum atomic E-state index is 4.73. The molecule has 0 bridgehead atoms. The third-order valence-electron chi connectivity index (χ3n) is 5.42. The van der Waals surface area contributed by atoms with E-state index in [2.05, 4.69) is 89.9 Å². The molecule has 1 aromatic rings. The number of allylic oxidation sites excluding steroid dienone is 8. The molecule has 2 rings (SSSR count). The van der Waals surface area contributed by atoms with Gasteiger partial charge in [-0.2, -0.15) is 0 Å². The van der Waals surface area contributed by atoms with Crippen molar-refractivity contribution in [3.63, 3.8) is 0 Å². The number of hydrogen-bond donors (Lipinski definition) is 1. The van der Waals surface area contributed by atoms with Gasteiger partial charge in [-0.1, -0.05) is 48.1 Å². The van der Waals surface area contributed by atoms with Gasteiger partial charge >= 0.3 is 0 Å². The Hall–Kier alpha value is -2.87. The Labute approximate surface area is 176 Å². The number of aliphatic imine (C=N–C) groups is 1. The van der Waals surface area contributed by atoms with Crippen LogP contribution in [0.2, 0.25) is 0 Å². The van der Waals surface area contributed by atoms with E-state index in [1.165, 1.54) is 39.0 Å². The van der Waals surface area contributed by atoms with E-state index >= 15 is 0 Å². The summed E-state index contributed by atoms with van der Waals surface area (Å²) < 4.78 is 0. The minimum absolute atomic E-state index is 0.789. The third kappa shape index (κ3) is 6.05. The van der Waals surface area contributed by atoms with Gasteiger partial charge in [0.25, 0.3) is 0 Å². The quantitative estimate of drug-likeness (QED) is 0.525. The van der Waals surface area contributed by atoms with Crippen molar-refractivity contribution in [2.24, 2.45) is 4.99 Å². The molecule has 0 saturated heterocycles. The number of benzene rings is 1. The maximum Gasteiger partial charge on any atom is 0.110 e. The van der Waals surface area contributed by atoms with Gasteiger partial charge in [-0.3, -0.25) is 0 Å². The van der Waals surface area contributed by atoms with E-state index in [1.54, 1.807) is 0 Å². The van der Waals surface area contributed by atoms with E-state index in [9.17, 15) is 0 Å². The summed E-state index contributed by atoms with van der Waals surface area (Å²) in [6.07, 6.45) is 11.1. The van der Waals surface area contributed by atoms with Crippen LogP contribution in [-0.4, -0.2) is 5.84 Å². The predicted octanol–water partition coefficient (Wildman–Crippen LogP) is 7.35. The molecule has 1 heterocycles. The highest BCUT2D eigenvalue weighted by Gasteiger charge is 2.12. The van der Waals surface area contributed by atoms with Crippen LogP contribution >= 0.6 is 0 Å². The largest absolute Gasteiger partial charge is 0.344 e. The SMILES string of the molecule is C=C(/C=C\C(C)=C/C)NC1=NC=C(/C=C(\C)c2c(C)cccc2C)C(C)=C(C)C1. The molecule has 0 aliphatic carbocycles. The van der Waals surface area contributed by atoms with Crippen LogP contribution in [0.4, 0.5) is 0 Å². The fourth-order valence-corrected chi connectivity index (χ4v) is 3.44. The van der Waals surface area contributed by atoms with Crippen LogP contribution in [0.15, 0.2) is 88.3 Å². The Morgan fingerprint density at radius 3 is 2.34 bits per heavy atom. The summed E-state index contributed by atoms with van der Waals surface area (Å²) in [6.45, 7) is 19.1. The highest BCUT2D eigenvalue weighted by molar-refractivity contribution is 5.88. The van der Waals surface area contributed by atoms with Crippen molar-refractivity contribution in [1.29, 1.82) is 0 Å². The van der Waals surface area contributed by atoms with Gasteiger partial charge < -0.3 is 5.32 Å². The summed E-state index contributed by atoms with van der Waals surface area (Å²) in [5.74, 6) is 0.919. The molecule has 29 heavy (non-hydrogen) atoms. The van der Waals surface area contributed by atoms with E-state index in [1.807, 2.05) is 19.2 Å². The molecule has 0 saturated carbocycles. The van der Waals surface area contributed by atoms with Gasteiger partial charge in [0, 0.05) is 18.3 Å². The van der Waals surface area contributed by atoms with Gasteiger partial charge in [-0.15, -0.1) is 0 Å². The van der Waals surface area contributed by atoms with Crippen molar-refractivity contribution in [2.45, 2.75) is 54.9 Å². The second-order valence-corrected chi connectivity index (χ2v) is 7.85. The summed E-state index contributed by atoms with van der Waals surface area (Å²) in [6, 6.07) is 6.46. The molecule has 2 heteroatoms. The first-order valence-corrected chi connectivity index (χ1v) is 10.2. The van der Waals surface area contributed by atoms with Crippen molar-refractivity contribution >= 4 is 11.4 Å². The lowest BCUT2D eigenvalue weighted by Crippen LogP contribution is -2.21. The summed E-state index contributed by atoms with van der Waals surface area (Å²) in [5.41, 5.74) is 11.0. The zero-order chi connectivity index (χ0) is 21.6. The first-order chi connectivity index (χ1) is 13.7. The average molecular weight is 387 g/mol. The lowest BCUT2D eigenvalue weighted by molar-refractivity contribution is 1.09. The van der Waals surface area contributed by atoms with Crippen LogP contribution in [0.25, 0.3) is 5.57 Å². The molecule has 0 atom stereocenters.